The molecule has 3 aromatic carbocycles. The number of hydrogen-bond donors (Lipinski definition) is 2. The molecule has 2 N–H and O–H groups in total. The minimum absolute atomic E-state index is 0.342. The van der Waals surface area contributed by atoms with Crippen molar-refractivity contribution < 1.29 is 13.2 Å². The number of benzene rings is 3. The highest BCUT2D eigenvalue weighted by atomic mass is 19.4. The molecule has 0 unspecified atom stereocenters. The first-order valence-corrected chi connectivity index (χ1v) is 9.12. The highest BCUT2D eigenvalue weighted by Crippen LogP contribution is 2.32. The molecule has 0 aliphatic carbocycles. The van der Waals surface area contributed by atoms with Crippen LogP contribution < -0.4 is 5.32 Å². The maximum atomic E-state index is 12.9. The number of alkyl halides is 3. The van der Waals surface area contributed by atoms with Crippen molar-refractivity contribution in [3.8, 4) is 11.4 Å². The van der Waals surface area contributed by atoms with Gasteiger partial charge in [0, 0.05) is 22.0 Å². The standard InChI is InChI=1S/C22H14F3N5/c23-22(24,25)15-7-5-13(6-8-15)20-28-19-4-2-1-3-17(19)21(29-20)27-16-9-10-18-14(11-16)12-26-30-18/h1-12H,(H,26,30)(H,27,28,29). The highest BCUT2D eigenvalue weighted by molar-refractivity contribution is 5.93. The molecule has 0 bridgehead atoms. The van der Waals surface area contributed by atoms with Crippen LogP contribution in [0.3, 0.4) is 0 Å². The first-order chi connectivity index (χ1) is 14.5. The first-order valence-electron chi connectivity index (χ1n) is 9.12. The van der Waals surface area contributed by atoms with Crippen molar-refractivity contribution in [1.29, 1.82) is 0 Å². The van der Waals surface area contributed by atoms with Gasteiger partial charge < -0.3 is 5.32 Å². The van der Waals surface area contributed by atoms with Crippen LogP contribution in [0.25, 0.3) is 33.2 Å². The number of aromatic amines is 1. The summed E-state index contributed by atoms with van der Waals surface area (Å²) in [4.78, 5) is 9.13. The number of nitrogens with one attached hydrogen (secondary N) is 2. The molecule has 8 heteroatoms. The van der Waals surface area contributed by atoms with Crippen LogP contribution in [0.15, 0.2) is 72.9 Å². The van der Waals surface area contributed by atoms with Gasteiger partial charge >= 0.3 is 6.18 Å². The molecule has 5 rings (SSSR count). The van der Waals surface area contributed by atoms with Crippen molar-refractivity contribution in [2.24, 2.45) is 0 Å². The van der Waals surface area contributed by atoms with E-state index in [1.165, 1.54) is 12.1 Å². The van der Waals surface area contributed by atoms with Crippen LogP contribution in [0, 0.1) is 0 Å². The summed E-state index contributed by atoms with van der Waals surface area (Å²) in [6.07, 6.45) is -2.66. The third kappa shape index (κ3) is 3.32. The summed E-state index contributed by atoms with van der Waals surface area (Å²) in [7, 11) is 0. The molecule has 0 spiro atoms. The maximum Gasteiger partial charge on any atom is 0.416 e. The van der Waals surface area contributed by atoms with Crippen LogP contribution in [0.1, 0.15) is 5.56 Å². The number of halogens is 3. The lowest BCUT2D eigenvalue weighted by Gasteiger charge is -2.12. The maximum absolute atomic E-state index is 12.9. The lowest BCUT2D eigenvalue weighted by Crippen LogP contribution is -2.04. The molecule has 0 fully saturated rings. The molecule has 0 aliphatic heterocycles. The van der Waals surface area contributed by atoms with Gasteiger partial charge in [0.2, 0.25) is 0 Å². The molecule has 5 nitrogen and oxygen atoms in total. The van der Waals surface area contributed by atoms with Gasteiger partial charge in [-0.2, -0.15) is 18.3 Å². The Kier molecular flexibility index (Phi) is 4.13. The number of para-hydroxylation sites is 1. The molecular formula is C22H14F3N5. The third-order valence-corrected chi connectivity index (χ3v) is 4.78. The van der Waals surface area contributed by atoms with E-state index in [1.54, 1.807) is 6.20 Å². The summed E-state index contributed by atoms with van der Waals surface area (Å²) in [5.41, 5.74) is 2.21. The summed E-state index contributed by atoms with van der Waals surface area (Å²) >= 11 is 0. The van der Waals surface area contributed by atoms with Crippen molar-refractivity contribution >= 4 is 33.3 Å². The Labute approximate surface area is 168 Å². The zero-order chi connectivity index (χ0) is 20.7. The minimum Gasteiger partial charge on any atom is -0.340 e. The minimum atomic E-state index is -4.39. The fourth-order valence-electron chi connectivity index (χ4n) is 3.27. The number of nitrogens with zero attached hydrogens (tertiary/aromatic N) is 3. The molecule has 0 atom stereocenters. The van der Waals surface area contributed by atoms with Crippen LogP contribution in [0.4, 0.5) is 24.7 Å². The molecule has 148 valence electrons. The van der Waals surface area contributed by atoms with E-state index in [0.717, 1.165) is 34.1 Å². The van der Waals surface area contributed by atoms with Gasteiger partial charge in [0.25, 0.3) is 0 Å². The Bertz CT molecular complexity index is 1360. The van der Waals surface area contributed by atoms with Crippen molar-refractivity contribution in [2.45, 2.75) is 6.18 Å². The fraction of sp³-hybridized carbons (Fsp3) is 0.0455. The average Bonchev–Trinajstić information content (AvgIpc) is 3.21. The van der Waals surface area contributed by atoms with E-state index < -0.39 is 11.7 Å². The molecule has 0 radical (unpaired) electrons. The number of hydrogen-bond acceptors (Lipinski definition) is 4. The number of aromatic nitrogens is 4. The van der Waals surface area contributed by atoms with Crippen LogP contribution in [0.5, 0.6) is 0 Å². The first kappa shape index (κ1) is 18.1. The molecule has 30 heavy (non-hydrogen) atoms. The van der Waals surface area contributed by atoms with Crippen LogP contribution in [-0.2, 0) is 6.18 Å². The topological polar surface area (TPSA) is 66.5 Å². The molecule has 0 amide bonds. The summed E-state index contributed by atoms with van der Waals surface area (Å²) in [6.45, 7) is 0. The van der Waals surface area contributed by atoms with Gasteiger partial charge in [-0.05, 0) is 42.5 Å². The van der Waals surface area contributed by atoms with Gasteiger partial charge in [-0.15, -0.1) is 0 Å². The van der Waals surface area contributed by atoms with Crippen molar-refractivity contribution in [2.75, 3.05) is 5.32 Å². The largest absolute Gasteiger partial charge is 0.416 e. The second kappa shape index (κ2) is 6.84. The van der Waals surface area contributed by atoms with E-state index in [2.05, 4.69) is 25.5 Å². The Morgan fingerprint density at radius 1 is 0.867 bits per heavy atom. The zero-order valence-electron chi connectivity index (χ0n) is 15.4. The quantitative estimate of drug-likeness (QED) is 0.390. The summed E-state index contributed by atoms with van der Waals surface area (Å²) in [6, 6.07) is 18.1. The SMILES string of the molecule is FC(F)(F)c1ccc(-c2nc(Nc3ccc4[nH]ncc4c3)c3ccccc3n2)cc1. The predicted octanol–water partition coefficient (Wildman–Crippen LogP) is 5.94. The Hall–Kier alpha value is -3.94. The van der Waals surface area contributed by atoms with Crippen molar-refractivity contribution in [1.82, 2.24) is 20.2 Å². The lowest BCUT2D eigenvalue weighted by atomic mass is 10.1. The van der Waals surface area contributed by atoms with Crippen LogP contribution in [0.2, 0.25) is 0 Å². The fourth-order valence-corrected chi connectivity index (χ4v) is 3.27. The monoisotopic (exact) mass is 405 g/mol. The predicted molar refractivity (Wildman–Crippen MR) is 109 cm³/mol. The molecule has 2 aromatic heterocycles. The number of anilines is 2. The highest BCUT2D eigenvalue weighted by Gasteiger charge is 2.30. The number of H-pyrrole nitrogens is 1. The Morgan fingerprint density at radius 2 is 1.67 bits per heavy atom. The molecule has 0 aliphatic rings. The molecule has 2 heterocycles. The van der Waals surface area contributed by atoms with Gasteiger partial charge in [0.05, 0.1) is 22.8 Å². The molecule has 0 saturated heterocycles. The van der Waals surface area contributed by atoms with E-state index in [9.17, 15) is 13.2 Å². The Morgan fingerprint density at radius 3 is 2.47 bits per heavy atom. The van der Waals surface area contributed by atoms with E-state index in [4.69, 9.17) is 0 Å². The van der Waals surface area contributed by atoms with Crippen molar-refractivity contribution in [3.63, 3.8) is 0 Å². The molecule has 5 aromatic rings. The molecular weight excluding hydrogens is 391 g/mol. The smallest absolute Gasteiger partial charge is 0.340 e. The number of rotatable bonds is 3. The number of fused-ring (bicyclic) bond motifs is 2. The van der Waals surface area contributed by atoms with E-state index in [1.807, 2.05) is 42.5 Å². The van der Waals surface area contributed by atoms with Gasteiger partial charge in [-0.25, -0.2) is 9.97 Å². The average molecular weight is 405 g/mol. The second-order valence-electron chi connectivity index (χ2n) is 6.79. The van der Waals surface area contributed by atoms with Gasteiger partial charge in [-0.3, -0.25) is 5.10 Å². The summed E-state index contributed by atoms with van der Waals surface area (Å²) in [5, 5.41) is 12.0. The molecule has 0 saturated carbocycles. The lowest BCUT2D eigenvalue weighted by molar-refractivity contribution is -0.137. The van der Waals surface area contributed by atoms with Crippen molar-refractivity contribution in [3.05, 3.63) is 78.5 Å². The van der Waals surface area contributed by atoms with Gasteiger partial charge in [0.15, 0.2) is 5.82 Å². The Balaban J connectivity index is 1.59. The van der Waals surface area contributed by atoms with Crippen LogP contribution in [-0.4, -0.2) is 20.2 Å². The summed E-state index contributed by atoms with van der Waals surface area (Å²) in [5.74, 6) is 0.910. The van der Waals surface area contributed by atoms with Crippen LogP contribution >= 0.6 is 0 Å². The van der Waals surface area contributed by atoms with E-state index >= 15 is 0 Å². The zero-order valence-corrected chi connectivity index (χ0v) is 15.4. The van der Waals surface area contributed by atoms with Gasteiger partial charge in [-0.1, -0.05) is 24.3 Å². The van der Waals surface area contributed by atoms with E-state index in [0.29, 0.717) is 22.7 Å². The second-order valence-corrected chi connectivity index (χ2v) is 6.79. The summed E-state index contributed by atoms with van der Waals surface area (Å²) < 4.78 is 38.6. The van der Waals surface area contributed by atoms with Gasteiger partial charge in [0.1, 0.15) is 5.82 Å². The third-order valence-electron chi connectivity index (χ3n) is 4.78. The van der Waals surface area contributed by atoms with E-state index in [-0.39, 0.29) is 0 Å². The normalized spacial score (nSPS) is 11.8.